The van der Waals surface area contributed by atoms with Gasteiger partial charge in [0, 0.05) is 18.1 Å². The fourth-order valence-electron chi connectivity index (χ4n) is 3.41. The van der Waals surface area contributed by atoms with Gasteiger partial charge in [-0.2, -0.15) is 0 Å². The van der Waals surface area contributed by atoms with Crippen LogP contribution < -0.4 is 5.32 Å². The number of nitrogens with one attached hydrogen (secondary N) is 1. The predicted molar refractivity (Wildman–Crippen MR) is 113 cm³/mol. The summed E-state index contributed by atoms with van der Waals surface area (Å²) in [6.45, 7) is 4.06. The second-order valence-electron chi connectivity index (χ2n) is 7.18. The second kappa shape index (κ2) is 7.91. The van der Waals surface area contributed by atoms with Crippen molar-refractivity contribution >= 4 is 23.1 Å². The maximum atomic E-state index is 13.5. The third-order valence-corrected chi connectivity index (χ3v) is 5.26. The Morgan fingerprint density at radius 3 is 2.33 bits per heavy atom. The van der Waals surface area contributed by atoms with E-state index < -0.39 is 17.6 Å². The summed E-state index contributed by atoms with van der Waals surface area (Å²) in [6, 6.07) is 14.8. The Kier molecular flexibility index (Phi) is 5.14. The average Bonchev–Trinajstić information content (AvgIpc) is 2.97. The molecule has 2 aromatic carbocycles. The summed E-state index contributed by atoms with van der Waals surface area (Å²) in [5.41, 5.74) is 4.49. The fourth-order valence-corrected chi connectivity index (χ4v) is 3.41. The molecule has 1 aromatic heterocycles. The number of nitrogens with zero attached hydrogens (tertiary/aromatic N) is 2. The van der Waals surface area contributed by atoms with Gasteiger partial charge in [0.2, 0.25) is 0 Å². The maximum Gasteiger partial charge on any atom is 0.278 e. The number of imide groups is 1. The van der Waals surface area contributed by atoms with Crippen molar-refractivity contribution in [1.29, 1.82) is 0 Å². The normalized spacial score (nSPS) is 13.9. The van der Waals surface area contributed by atoms with Gasteiger partial charge in [0.25, 0.3) is 11.8 Å². The third-order valence-electron chi connectivity index (χ3n) is 5.26. The SMILES string of the molecule is Cc1cccc(NC2=C(c3ccc(F)cc3)C(=O)N(Cc3ccncc3)C2=O)c1C. The Hall–Kier alpha value is -3.80. The van der Waals surface area contributed by atoms with E-state index in [1.807, 2.05) is 32.0 Å². The molecule has 0 aliphatic carbocycles. The molecule has 1 aliphatic rings. The quantitative estimate of drug-likeness (QED) is 0.650. The van der Waals surface area contributed by atoms with E-state index in [1.165, 1.54) is 29.2 Å². The van der Waals surface area contributed by atoms with Crippen molar-refractivity contribution in [2.45, 2.75) is 20.4 Å². The first-order valence-corrected chi connectivity index (χ1v) is 9.54. The zero-order chi connectivity index (χ0) is 21.3. The van der Waals surface area contributed by atoms with Gasteiger partial charge in [-0.25, -0.2) is 4.39 Å². The Labute approximate surface area is 173 Å². The lowest BCUT2D eigenvalue weighted by Gasteiger charge is -2.16. The Morgan fingerprint density at radius 1 is 0.933 bits per heavy atom. The zero-order valence-corrected chi connectivity index (χ0v) is 16.6. The number of aromatic nitrogens is 1. The molecular weight excluding hydrogens is 381 g/mol. The van der Waals surface area contributed by atoms with Gasteiger partial charge in [0.15, 0.2) is 0 Å². The molecule has 0 fully saturated rings. The number of halogens is 1. The van der Waals surface area contributed by atoms with E-state index in [9.17, 15) is 14.0 Å². The molecule has 0 atom stereocenters. The number of amides is 2. The molecule has 5 nitrogen and oxygen atoms in total. The van der Waals surface area contributed by atoms with Gasteiger partial charge in [-0.05, 0) is 66.4 Å². The molecule has 150 valence electrons. The van der Waals surface area contributed by atoms with E-state index in [2.05, 4.69) is 10.3 Å². The van der Waals surface area contributed by atoms with Crippen LogP contribution in [0.4, 0.5) is 10.1 Å². The van der Waals surface area contributed by atoms with Gasteiger partial charge in [0.05, 0.1) is 12.1 Å². The number of carbonyl (C=O) groups excluding carboxylic acids is 2. The molecule has 1 aliphatic heterocycles. The second-order valence-corrected chi connectivity index (χ2v) is 7.18. The van der Waals surface area contributed by atoms with Gasteiger partial charge in [-0.15, -0.1) is 0 Å². The van der Waals surface area contributed by atoms with Crippen molar-refractivity contribution in [2.75, 3.05) is 5.32 Å². The van der Waals surface area contributed by atoms with Crippen molar-refractivity contribution in [3.8, 4) is 0 Å². The number of anilines is 1. The highest BCUT2D eigenvalue weighted by Crippen LogP contribution is 2.32. The van der Waals surface area contributed by atoms with Gasteiger partial charge >= 0.3 is 0 Å². The van der Waals surface area contributed by atoms with Crippen LogP contribution in [0.5, 0.6) is 0 Å². The van der Waals surface area contributed by atoms with Crippen molar-refractivity contribution in [3.05, 3.63) is 101 Å². The predicted octanol–water partition coefficient (Wildman–Crippen LogP) is 4.23. The van der Waals surface area contributed by atoms with Crippen LogP contribution in [0.15, 0.2) is 72.7 Å². The highest BCUT2D eigenvalue weighted by Gasteiger charge is 2.39. The number of carbonyl (C=O) groups is 2. The largest absolute Gasteiger partial charge is 0.350 e. The molecule has 0 bridgehead atoms. The molecule has 1 N–H and O–H groups in total. The number of aryl methyl sites for hydroxylation is 1. The fraction of sp³-hybridized carbons (Fsp3) is 0.125. The minimum absolute atomic E-state index is 0.128. The monoisotopic (exact) mass is 401 g/mol. The Bertz CT molecular complexity index is 1150. The van der Waals surface area contributed by atoms with Crippen LogP contribution in [-0.2, 0) is 16.1 Å². The summed E-state index contributed by atoms with van der Waals surface area (Å²) in [7, 11) is 0. The van der Waals surface area contributed by atoms with Crippen LogP contribution in [0.25, 0.3) is 5.57 Å². The number of rotatable bonds is 5. The number of pyridine rings is 1. The summed E-state index contributed by atoms with van der Waals surface area (Å²) in [6.07, 6.45) is 3.23. The molecule has 6 heteroatoms. The first kappa shape index (κ1) is 19.5. The Balaban J connectivity index is 1.77. The summed E-state index contributed by atoms with van der Waals surface area (Å²) in [5.74, 6) is -1.25. The highest BCUT2D eigenvalue weighted by molar-refractivity contribution is 6.36. The van der Waals surface area contributed by atoms with Crippen molar-refractivity contribution in [3.63, 3.8) is 0 Å². The Morgan fingerprint density at radius 2 is 1.63 bits per heavy atom. The van der Waals surface area contributed by atoms with Crippen LogP contribution in [0, 0.1) is 19.7 Å². The van der Waals surface area contributed by atoms with Crippen molar-refractivity contribution in [2.24, 2.45) is 0 Å². The van der Waals surface area contributed by atoms with Gasteiger partial charge in [0.1, 0.15) is 11.5 Å². The van der Waals surface area contributed by atoms with E-state index in [1.54, 1.807) is 24.5 Å². The summed E-state index contributed by atoms with van der Waals surface area (Å²) >= 11 is 0. The van der Waals surface area contributed by atoms with Crippen LogP contribution in [-0.4, -0.2) is 21.7 Å². The topological polar surface area (TPSA) is 62.3 Å². The molecule has 2 heterocycles. The lowest BCUT2D eigenvalue weighted by molar-refractivity contribution is -0.137. The molecule has 0 spiro atoms. The number of benzene rings is 2. The zero-order valence-electron chi connectivity index (χ0n) is 16.6. The summed E-state index contributed by atoms with van der Waals surface area (Å²) < 4.78 is 13.5. The minimum Gasteiger partial charge on any atom is -0.350 e. The molecule has 30 heavy (non-hydrogen) atoms. The van der Waals surface area contributed by atoms with Gasteiger partial charge < -0.3 is 5.32 Å². The molecule has 2 amide bonds. The van der Waals surface area contributed by atoms with Crippen molar-refractivity contribution in [1.82, 2.24) is 9.88 Å². The molecule has 0 radical (unpaired) electrons. The summed E-state index contributed by atoms with van der Waals surface area (Å²) in [4.78, 5) is 31.7. The average molecular weight is 401 g/mol. The van der Waals surface area contributed by atoms with Crippen LogP contribution >= 0.6 is 0 Å². The van der Waals surface area contributed by atoms with E-state index in [0.29, 0.717) is 5.56 Å². The number of hydrogen-bond donors (Lipinski definition) is 1. The molecular formula is C24H20FN3O2. The van der Waals surface area contributed by atoms with E-state index >= 15 is 0 Å². The molecule has 0 saturated heterocycles. The number of hydrogen-bond acceptors (Lipinski definition) is 4. The van der Waals surface area contributed by atoms with Gasteiger partial charge in [-0.3, -0.25) is 19.5 Å². The van der Waals surface area contributed by atoms with Crippen LogP contribution in [0.3, 0.4) is 0 Å². The van der Waals surface area contributed by atoms with Crippen molar-refractivity contribution < 1.29 is 14.0 Å². The van der Waals surface area contributed by atoms with E-state index in [-0.39, 0.29) is 17.8 Å². The molecule has 0 saturated carbocycles. The molecule has 0 unspecified atom stereocenters. The lowest BCUT2D eigenvalue weighted by atomic mass is 10.0. The minimum atomic E-state index is -0.420. The maximum absolute atomic E-state index is 13.5. The standard InChI is InChI=1S/C24H20FN3O2/c1-15-4-3-5-20(16(15)2)27-22-21(18-6-8-19(25)9-7-18)23(29)28(24(22)30)14-17-10-12-26-13-11-17/h3-13,27H,14H2,1-2H3. The van der Waals surface area contributed by atoms with Crippen LogP contribution in [0.2, 0.25) is 0 Å². The highest BCUT2D eigenvalue weighted by atomic mass is 19.1. The van der Waals surface area contributed by atoms with E-state index in [4.69, 9.17) is 0 Å². The van der Waals surface area contributed by atoms with Crippen LogP contribution in [0.1, 0.15) is 22.3 Å². The first-order chi connectivity index (χ1) is 14.5. The smallest absolute Gasteiger partial charge is 0.278 e. The third kappa shape index (κ3) is 3.59. The first-order valence-electron chi connectivity index (χ1n) is 9.54. The van der Waals surface area contributed by atoms with Gasteiger partial charge in [-0.1, -0.05) is 24.3 Å². The molecule has 3 aromatic rings. The molecule has 4 rings (SSSR count). The lowest BCUT2D eigenvalue weighted by Crippen LogP contribution is -2.32. The van der Waals surface area contributed by atoms with E-state index in [0.717, 1.165) is 22.4 Å². The summed E-state index contributed by atoms with van der Waals surface area (Å²) in [5, 5.41) is 3.17.